The fourth-order valence-electron chi connectivity index (χ4n) is 5.17. The molecule has 0 aromatic heterocycles. The predicted molar refractivity (Wildman–Crippen MR) is 107 cm³/mol. The third-order valence-corrected chi connectivity index (χ3v) is 6.68. The van der Waals surface area contributed by atoms with Crippen molar-refractivity contribution in [1.29, 1.82) is 0 Å². The summed E-state index contributed by atoms with van der Waals surface area (Å²) in [5, 5.41) is 3.24. The van der Waals surface area contributed by atoms with E-state index in [9.17, 15) is 4.79 Å². The molecular weight excluding hydrogens is 356 g/mol. The van der Waals surface area contributed by atoms with Crippen molar-refractivity contribution in [3.05, 3.63) is 23.3 Å². The second kappa shape index (κ2) is 8.19. The average molecular weight is 389 g/mol. The van der Waals surface area contributed by atoms with Crippen molar-refractivity contribution in [3.63, 3.8) is 0 Å². The number of hydrogen-bond acceptors (Lipinski definition) is 4. The SMILES string of the molecule is COc1cc2c(cc1OC)C1(CCCCC1)CN(C(=O)NC1CCOCC1)C2. The molecule has 3 aliphatic rings. The first kappa shape index (κ1) is 19.4. The molecule has 2 amide bonds. The van der Waals surface area contributed by atoms with E-state index in [4.69, 9.17) is 14.2 Å². The highest BCUT2D eigenvalue weighted by Crippen LogP contribution is 2.47. The Morgan fingerprint density at radius 3 is 2.46 bits per heavy atom. The number of urea groups is 1. The Balaban J connectivity index is 1.63. The van der Waals surface area contributed by atoms with E-state index in [0.717, 1.165) is 56.9 Å². The van der Waals surface area contributed by atoms with Crippen molar-refractivity contribution in [3.8, 4) is 11.5 Å². The maximum Gasteiger partial charge on any atom is 0.317 e. The molecule has 1 saturated carbocycles. The minimum absolute atomic E-state index is 0.0262. The summed E-state index contributed by atoms with van der Waals surface area (Å²) in [6.07, 6.45) is 7.73. The molecule has 1 aliphatic carbocycles. The molecule has 6 heteroatoms. The van der Waals surface area contributed by atoms with Crippen LogP contribution in [0, 0.1) is 0 Å². The molecule has 6 nitrogen and oxygen atoms in total. The molecule has 1 spiro atoms. The zero-order chi connectivity index (χ0) is 19.6. The van der Waals surface area contributed by atoms with E-state index in [1.807, 2.05) is 4.90 Å². The molecule has 4 rings (SSSR count). The number of rotatable bonds is 3. The van der Waals surface area contributed by atoms with Crippen LogP contribution in [-0.4, -0.2) is 51.0 Å². The summed E-state index contributed by atoms with van der Waals surface area (Å²) in [6.45, 7) is 2.86. The summed E-state index contributed by atoms with van der Waals surface area (Å²) in [5.74, 6) is 1.52. The van der Waals surface area contributed by atoms with Gasteiger partial charge >= 0.3 is 6.03 Å². The predicted octanol–water partition coefficient (Wildman–Crippen LogP) is 3.61. The molecule has 0 bridgehead atoms. The highest BCUT2D eigenvalue weighted by molar-refractivity contribution is 5.75. The zero-order valence-corrected chi connectivity index (χ0v) is 17.1. The van der Waals surface area contributed by atoms with Crippen molar-refractivity contribution in [2.75, 3.05) is 34.0 Å². The number of carbonyl (C=O) groups excluding carboxylic acids is 1. The van der Waals surface area contributed by atoms with Crippen LogP contribution in [0.1, 0.15) is 56.1 Å². The lowest BCUT2D eigenvalue weighted by atomic mass is 9.66. The van der Waals surface area contributed by atoms with Crippen molar-refractivity contribution < 1.29 is 19.0 Å². The van der Waals surface area contributed by atoms with Gasteiger partial charge in [-0.2, -0.15) is 0 Å². The molecule has 2 aliphatic heterocycles. The van der Waals surface area contributed by atoms with Gasteiger partial charge in [0.25, 0.3) is 0 Å². The van der Waals surface area contributed by atoms with Gasteiger partial charge in [0.15, 0.2) is 11.5 Å². The summed E-state index contributed by atoms with van der Waals surface area (Å²) in [5.41, 5.74) is 2.56. The molecular formula is C22H32N2O4. The largest absolute Gasteiger partial charge is 0.493 e. The normalized spacial score (nSPS) is 21.9. The molecule has 0 atom stereocenters. The van der Waals surface area contributed by atoms with E-state index in [1.165, 1.54) is 30.4 Å². The van der Waals surface area contributed by atoms with Gasteiger partial charge in [0.05, 0.1) is 14.2 Å². The third kappa shape index (κ3) is 3.66. The number of carbonyl (C=O) groups is 1. The average Bonchev–Trinajstić information content (AvgIpc) is 2.74. The van der Waals surface area contributed by atoms with Gasteiger partial charge in [-0.15, -0.1) is 0 Å². The topological polar surface area (TPSA) is 60.0 Å². The van der Waals surface area contributed by atoms with Crippen LogP contribution in [0.15, 0.2) is 12.1 Å². The summed E-state index contributed by atoms with van der Waals surface area (Å²) in [6, 6.07) is 4.50. The molecule has 1 N–H and O–H groups in total. The maximum atomic E-state index is 13.1. The Hall–Kier alpha value is -1.95. The molecule has 1 saturated heterocycles. The number of benzene rings is 1. The fourth-order valence-corrected chi connectivity index (χ4v) is 5.17. The van der Waals surface area contributed by atoms with Crippen LogP contribution in [-0.2, 0) is 16.7 Å². The van der Waals surface area contributed by atoms with Gasteiger partial charge in [0, 0.05) is 37.8 Å². The highest BCUT2D eigenvalue weighted by atomic mass is 16.5. The monoisotopic (exact) mass is 388 g/mol. The Morgan fingerprint density at radius 2 is 1.79 bits per heavy atom. The van der Waals surface area contributed by atoms with Gasteiger partial charge in [-0.05, 0) is 48.9 Å². The standard InChI is InChI=1S/C22H32N2O4/c1-26-19-12-16-14-24(21(25)23-17-6-10-28-11-7-17)15-22(8-4-3-5-9-22)18(16)13-20(19)27-2/h12-13,17H,3-11,14-15H2,1-2H3,(H,23,25). The molecule has 28 heavy (non-hydrogen) atoms. The number of nitrogens with zero attached hydrogens (tertiary/aromatic N) is 1. The lowest BCUT2D eigenvalue weighted by Gasteiger charge is -2.47. The van der Waals surface area contributed by atoms with E-state index < -0.39 is 0 Å². The van der Waals surface area contributed by atoms with Gasteiger partial charge in [-0.3, -0.25) is 0 Å². The molecule has 1 aromatic carbocycles. The van der Waals surface area contributed by atoms with Crippen molar-refractivity contribution in [2.24, 2.45) is 0 Å². The first-order chi connectivity index (χ1) is 13.6. The van der Waals surface area contributed by atoms with Crippen LogP contribution in [0.2, 0.25) is 0 Å². The first-order valence-corrected chi connectivity index (χ1v) is 10.5. The molecule has 1 aromatic rings. The van der Waals surface area contributed by atoms with E-state index in [-0.39, 0.29) is 17.5 Å². The minimum atomic E-state index is 0.0262. The fraction of sp³-hybridized carbons (Fsp3) is 0.682. The number of hydrogen-bond donors (Lipinski definition) is 1. The van der Waals surface area contributed by atoms with Crippen molar-refractivity contribution >= 4 is 6.03 Å². The van der Waals surface area contributed by atoms with E-state index in [2.05, 4.69) is 17.4 Å². The lowest BCUT2D eigenvalue weighted by Crippen LogP contribution is -2.53. The molecule has 2 heterocycles. The van der Waals surface area contributed by atoms with Crippen molar-refractivity contribution in [2.45, 2.75) is 62.9 Å². The van der Waals surface area contributed by atoms with Crippen LogP contribution in [0.4, 0.5) is 4.79 Å². The van der Waals surface area contributed by atoms with Gasteiger partial charge in [-0.1, -0.05) is 19.3 Å². The summed E-state index contributed by atoms with van der Waals surface area (Å²) < 4.78 is 16.5. The van der Waals surface area contributed by atoms with Gasteiger partial charge in [-0.25, -0.2) is 4.79 Å². The highest BCUT2D eigenvalue weighted by Gasteiger charge is 2.42. The first-order valence-electron chi connectivity index (χ1n) is 10.5. The van der Waals surface area contributed by atoms with Gasteiger partial charge < -0.3 is 24.4 Å². The molecule has 154 valence electrons. The minimum Gasteiger partial charge on any atom is -0.493 e. The number of ether oxygens (including phenoxy) is 3. The third-order valence-electron chi connectivity index (χ3n) is 6.68. The van der Waals surface area contributed by atoms with E-state index >= 15 is 0 Å². The van der Waals surface area contributed by atoms with Crippen LogP contribution in [0.5, 0.6) is 11.5 Å². The van der Waals surface area contributed by atoms with Crippen LogP contribution in [0.3, 0.4) is 0 Å². The Kier molecular flexibility index (Phi) is 5.67. The summed E-state index contributed by atoms with van der Waals surface area (Å²) in [7, 11) is 3.35. The number of fused-ring (bicyclic) bond motifs is 2. The summed E-state index contributed by atoms with van der Waals surface area (Å²) in [4.78, 5) is 15.1. The van der Waals surface area contributed by atoms with Gasteiger partial charge in [0.1, 0.15) is 0 Å². The zero-order valence-electron chi connectivity index (χ0n) is 17.1. The van der Waals surface area contributed by atoms with Crippen molar-refractivity contribution in [1.82, 2.24) is 10.2 Å². The summed E-state index contributed by atoms with van der Waals surface area (Å²) >= 11 is 0. The second-order valence-electron chi connectivity index (χ2n) is 8.40. The number of amides is 2. The Bertz CT molecular complexity index is 709. The van der Waals surface area contributed by atoms with Crippen LogP contribution >= 0.6 is 0 Å². The quantitative estimate of drug-likeness (QED) is 0.859. The second-order valence-corrected chi connectivity index (χ2v) is 8.40. The Labute approximate surface area is 167 Å². The van der Waals surface area contributed by atoms with Crippen LogP contribution in [0.25, 0.3) is 0 Å². The molecule has 0 unspecified atom stereocenters. The maximum absolute atomic E-state index is 13.1. The lowest BCUT2D eigenvalue weighted by molar-refractivity contribution is 0.0760. The number of nitrogens with one attached hydrogen (secondary N) is 1. The molecule has 0 radical (unpaired) electrons. The van der Waals surface area contributed by atoms with E-state index in [0.29, 0.717) is 6.54 Å². The number of methoxy groups -OCH3 is 2. The Morgan fingerprint density at radius 1 is 1.11 bits per heavy atom. The van der Waals surface area contributed by atoms with Gasteiger partial charge in [0.2, 0.25) is 0 Å². The van der Waals surface area contributed by atoms with Crippen LogP contribution < -0.4 is 14.8 Å². The molecule has 2 fully saturated rings. The van der Waals surface area contributed by atoms with E-state index in [1.54, 1.807) is 14.2 Å². The smallest absolute Gasteiger partial charge is 0.317 e.